The van der Waals surface area contributed by atoms with Crippen LogP contribution >= 0.6 is 0 Å². The standard InChI is InChI=1S/C25H26N4O4/c1-3-31-21-10-7-17(13-22(21)32-4-2)11-12-29-16-20(14-23(29)30)24-27-25(33-28-24)19-8-5-18(15-26)6-9-19/h5-10,13,20H,3-4,11-12,14,16H2,1-2H3. The molecule has 1 amide bonds. The number of benzene rings is 2. The van der Waals surface area contributed by atoms with Gasteiger partial charge >= 0.3 is 0 Å². The Morgan fingerprint density at radius 2 is 1.88 bits per heavy atom. The van der Waals surface area contributed by atoms with Crippen LogP contribution in [0.5, 0.6) is 11.5 Å². The third-order valence-electron chi connectivity index (χ3n) is 5.56. The number of rotatable bonds is 9. The number of ether oxygens (including phenoxy) is 2. The van der Waals surface area contributed by atoms with Gasteiger partial charge in [-0.05, 0) is 62.2 Å². The summed E-state index contributed by atoms with van der Waals surface area (Å²) < 4.78 is 16.7. The zero-order chi connectivity index (χ0) is 23.2. The molecular weight excluding hydrogens is 420 g/mol. The van der Waals surface area contributed by atoms with Crippen molar-refractivity contribution >= 4 is 5.91 Å². The van der Waals surface area contributed by atoms with E-state index in [-0.39, 0.29) is 11.8 Å². The number of nitriles is 1. The molecule has 1 atom stereocenters. The molecular formula is C25H26N4O4. The maximum Gasteiger partial charge on any atom is 0.257 e. The van der Waals surface area contributed by atoms with Crippen LogP contribution in [0, 0.1) is 11.3 Å². The number of carbonyl (C=O) groups is 1. The molecule has 1 aliphatic heterocycles. The molecule has 1 saturated heterocycles. The topological polar surface area (TPSA) is 101 Å². The Bertz CT molecular complexity index is 1150. The highest BCUT2D eigenvalue weighted by Crippen LogP contribution is 2.31. The molecule has 0 bridgehead atoms. The molecule has 0 saturated carbocycles. The van der Waals surface area contributed by atoms with Crippen molar-refractivity contribution < 1.29 is 18.8 Å². The van der Waals surface area contributed by atoms with Gasteiger partial charge in [-0.15, -0.1) is 0 Å². The van der Waals surface area contributed by atoms with Gasteiger partial charge in [0.2, 0.25) is 5.91 Å². The number of hydrogen-bond acceptors (Lipinski definition) is 7. The quantitative estimate of drug-likeness (QED) is 0.490. The summed E-state index contributed by atoms with van der Waals surface area (Å²) in [6.07, 6.45) is 1.08. The first-order chi connectivity index (χ1) is 16.1. The Balaban J connectivity index is 1.38. The molecule has 33 heavy (non-hydrogen) atoms. The van der Waals surface area contributed by atoms with E-state index in [2.05, 4.69) is 16.2 Å². The Morgan fingerprint density at radius 3 is 2.61 bits per heavy atom. The maximum atomic E-state index is 12.6. The molecule has 0 radical (unpaired) electrons. The number of carbonyl (C=O) groups excluding carboxylic acids is 1. The lowest BCUT2D eigenvalue weighted by molar-refractivity contribution is -0.127. The molecule has 4 rings (SSSR count). The van der Waals surface area contributed by atoms with Gasteiger partial charge in [0.25, 0.3) is 5.89 Å². The number of aromatic nitrogens is 2. The third kappa shape index (κ3) is 5.14. The van der Waals surface area contributed by atoms with Crippen LogP contribution in [0.4, 0.5) is 0 Å². The summed E-state index contributed by atoms with van der Waals surface area (Å²) in [5, 5.41) is 13.0. The van der Waals surface area contributed by atoms with Crippen molar-refractivity contribution in [1.29, 1.82) is 5.26 Å². The fourth-order valence-corrected chi connectivity index (χ4v) is 3.88. The van der Waals surface area contributed by atoms with Crippen molar-refractivity contribution in [3.05, 3.63) is 59.4 Å². The van der Waals surface area contributed by atoms with Crippen LogP contribution in [0.1, 0.15) is 43.1 Å². The number of likely N-dealkylation sites (tertiary alicyclic amines) is 1. The third-order valence-corrected chi connectivity index (χ3v) is 5.56. The minimum atomic E-state index is -0.104. The summed E-state index contributed by atoms with van der Waals surface area (Å²) in [4.78, 5) is 18.9. The first kappa shape index (κ1) is 22.3. The van der Waals surface area contributed by atoms with E-state index in [4.69, 9.17) is 19.3 Å². The Kier molecular flexibility index (Phi) is 6.89. The van der Waals surface area contributed by atoms with Gasteiger partial charge in [0.05, 0.1) is 24.8 Å². The summed E-state index contributed by atoms with van der Waals surface area (Å²) in [6.45, 7) is 6.18. The van der Waals surface area contributed by atoms with Crippen LogP contribution < -0.4 is 9.47 Å². The monoisotopic (exact) mass is 446 g/mol. The fraction of sp³-hybridized carbons (Fsp3) is 0.360. The SMILES string of the molecule is CCOc1ccc(CCN2CC(c3noc(-c4ccc(C#N)cc4)n3)CC2=O)cc1OCC. The van der Waals surface area contributed by atoms with E-state index < -0.39 is 0 Å². The van der Waals surface area contributed by atoms with Crippen LogP contribution in [0.15, 0.2) is 47.0 Å². The molecule has 2 heterocycles. The van der Waals surface area contributed by atoms with Gasteiger partial charge in [-0.1, -0.05) is 11.2 Å². The molecule has 170 valence electrons. The Labute approximate surface area is 192 Å². The number of hydrogen-bond donors (Lipinski definition) is 0. The zero-order valence-electron chi connectivity index (χ0n) is 18.8. The predicted molar refractivity (Wildman–Crippen MR) is 121 cm³/mol. The summed E-state index contributed by atoms with van der Waals surface area (Å²) in [5.41, 5.74) is 2.40. The summed E-state index contributed by atoms with van der Waals surface area (Å²) >= 11 is 0. The Hall–Kier alpha value is -3.86. The molecule has 1 fully saturated rings. The van der Waals surface area contributed by atoms with Gasteiger partial charge in [-0.3, -0.25) is 4.79 Å². The molecule has 2 aromatic carbocycles. The van der Waals surface area contributed by atoms with Gasteiger partial charge in [0, 0.05) is 31.0 Å². The Morgan fingerprint density at radius 1 is 1.12 bits per heavy atom. The average Bonchev–Trinajstić information content (AvgIpc) is 3.46. The molecule has 0 aliphatic carbocycles. The molecule has 8 nitrogen and oxygen atoms in total. The second-order valence-electron chi connectivity index (χ2n) is 7.78. The number of nitrogens with zero attached hydrogens (tertiary/aromatic N) is 4. The van der Waals surface area contributed by atoms with E-state index in [9.17, 15) is 4.79 Å². The molecule has 0 spiro atoms. The fourth-order valence-electron chi connectivity index (χ4n) is 3.88. The maximum absolute atomic E-state index is 12.6. The summed E-state index contributed by atoms with van der Waals surface area (Å²) in [5.74, 6) is 2.36. The average molecular weight is 447 g/mol. The van der Waals surface area contributed by atoms with Crippen molar-refractivity contribution in [3.63, 3.8) is 0 Å². The van der Waals surface area contributed by atoms with E-state index in [0.29, 0.717) is 56.4 Å². The second kappa shape index (κ2) is 10.2. The smallest absolute Gasteiger partial charge is 0.257 e. The van der Waals surface area contributed by atoms with Crippen LogP contribution in [0.2, 0.25) is 0 Å². The van der Waals surface area contributed by atoms with Gasteiger partial charge in [-0.2, -0.15) is 10.2 Å². The second-order valence-corrected chi connectivity index (χ2v) is 7.78. The molecule has 1 unspecified atom stereocenters. The lowest BCUT2D eigenvalue weighted by Gasteiger charge is -2.17. The van der Waals surface area contributed by atoms with E-state index in [1.165, 1.54) is 0 Å². The summed E-state index contributed by atoms with van der Waals surface area (Å²) in [6, 6.07) is 15.0. The first-order valence-electron chi connectivity index (χ1n) is 11.1. The van der Waals surface area contributed by atoms with Crippen molar-refractivity contribution in [2.75, 3.05) is 26.3 Å². The van der Waals surface area contributed by atoms with Gasteiger partial charge < -0.3 is 18.9 Å². The minimum absolute atomic E-state index is 0.0840. The number of amides is 1. The molecule has 1 aliphatic rings. The van der Waals surface area contributed by atoms with Crippen molar-refractivity contribution in [1.82, 2.24) is 15.0 Å². The molecule has 0 N–H and O–H groups in total. The van der Waals surface area contributed by atoms with E-state index in [0.717, 1.165) is 22.6 Å². The van der Waals surface area contributed by atoms with Crippen molar-refractivity contribution in [2.45, 2.75) is 32.6 Å². The molecule has 3 aromatic rings. The van der Waals surface area contributed by atoms with Crippen molar-refractivity contribution in [2.24, 2.45) is 0 Å². The van der Waals surface area contributed by atoms with E-state index in [1.54, 1.807) is 24.3 Å². The normalized spacial score (nSPS) is 15.5. The van der Waals surface area contributed by atoms with Crippen LogP contribution in [0.3, 0.4) is 0 Å². The van der Waals surface area contributed by atoms with E-state index in [1.807, 2.05) is 36.9 Å². The van der Waals surface area contributed by atoms with Crippen molar-refractivity contribution in [3.8, 4) is 29.0 Å². The lowest BCUT2D eigenvalue weighted by Crippen LogP contribution is -2.27. The van der Waals surface area contributed by atoms with Crippen LogP contribution in [-0.2, 0) is 11.2 Å². The predicted octanol–water partition coefficient (Wildman–Crippen LogP) is 3.96. The first-order valence-corrected chi connectivity index (χ1v) is 11.1. The zero-order valence-corrected chi connectivity index (χ0v) is 18.8. The largest absolute Gasteiger partial charge is 0.490 e. The lowest BCUT2D eigenvalue weighted by atomic mass is 10.1. The minimum Gasteiger partial charge on any atom is -0.490 e. The highest BCUT2D eigenvalue weighted by atomic mass is 16.5. The van der Waals surface area contributed by atoms with Gasteiger partial charge in [0.15, 0.2) is 17.3 Å². The highest BCUT2D eigenvalue weighted by molar-refractivity contribution is 5.79. The van der Waals surface area contributed by atoms with Gasteiger partial charge in [0.1, 0.15) is 0 Å². The van der Waals surface area contributed by atoms with Gasteiger partial charge in [-0.25, -0.2) is 0 Å². The molecule has 1 aromatic heterocycles. The molecule has 8 heteroatoms. The van der Waals surface area contributed by atoms with E-state index >= 15 is 0 Å². The van der Waals surface area contributed by atoms with Crippen LogP contribution in [0.25, 0.3) is 11.5 Å². The van der Waals surface area contributed by atoms with Crippen LogP contribution in [-0.4, -0.2) is 47.3 Å². The summed E-state index contributed by atoms with van der Waals surface area (Å²) in [7, 11) is 0. The highest BCUT2D eigenvalue weighted by Gasteiger charge is 2.33.